The van der Waals surface area contributed by atoms with Gasteiger partial charge in [0.1, 0.15) is 0 Å². The van der Waals surface area contributed by atoms with Crippen molar-refractivity contribution in [2.45, 2.75) is 12.8 Å². The van der Waals surface area contributed by atoms with Crippen molar-refractivity contribution in [2.24, 2.45) is 0 Å². The van der Waals surface area contributed by atoms with Crippen LogP contribution in [0.1, 0.15) is 23.2 Å². The lowest BCUT2D eigenvalue weighted by Crippen LogP contribution is -2.21. The fourth-order valence-corrected chi connectivity index (χ4v) is 1.56. The van der Waals surface area contributed by atoms with Crippen LogP contribution in [0.15, 0.2) is 24.3 Å². The molecule has 0 fully saturated rings. The van der Waals surface area contributed by atoms with E-state index in [-0.39, 0.29) is 11.8 Å². The van der Waals surface area contributed by atoms with E-state index in [1.165, 1.54) is 0 Å². The number of amides is 2. The van der Waals surface area contributed by atoms with Crippen molar-refractivity contribution in [1.29, 1.82) is 0 Å². The van der Waals surface area contributed by atoms with Gasteiger partial charge in [0, 0.05) is 13.5 Å². The number of nitrogens with one attached hydrogen (secondary N) is 3. The third-order valence-corrected chi connectivity index (χ3v) is 2.50. The first-order chi connectivity index (χ1) is 8.69. The Balaban J connectivity index is 2.66. The molecule has 0 bridgehead atoms. The number of carbonyl (C=O) groups excluding carboxylic acids is 2. The van der Waals surface area contributed by atoms with Gasteiger partial charge in [0.05, 0.1) is 11.3 Å². The molecule has 98 valence electrons. The van der Waals surface area contributed by atoms with Crippen LogP contribution in [0.4, 0.5) is 5.69 Å². The zero-order chi connectivity index (χ0) is 13.4. The molecule has 0 atom stereocenters. The summed E-state index contributed by atoms with van der Waals surface area (Å²) in [5, 5.41) is 8.29. The van der Waals surface area contributed by atoms with Crippen LogP contribution in [0.5, 0.6) is 0 Å². The normalized spacial score (nSPS) is 9.89. The molecule has 18 heavy (non-hydrogen) atoms. The molecule has 0 aromatic heterocycles. The van der Waals surface area contributed by atoms with E-state index in [0.717, 1.165) is 13.0 Å². The van der Waals surface area contributed by atoms with E-state index in [2.05, 4.69) is 16.0 Å². The monoisotopic (exact) mass is 249 g/mol. The molecule has 0 radical (unpaired) electrons. The Morgan fingerprint density at radius 3 is 2.56 bits per heavy atom. The molecule has 2 amide bonds. The minimum absolute atomic E-state index is 0.0818. The second-order valence-electron chi connectivity index (χ2n) is 3.88. The molecule has 3 N–H and O–H groups in total. The first-order valence-electron chi connectivity index (χ1n) is 5.94. The number of para-hydroxylation sites is 1. The minimum Gasteiger partial charge on any atom is -0.355 e. The van der Waals surface area contributed by atoms with Gasteiger partial charge in [0.25, 0.3) is 5.91 Å². The number of anilines is 1. The first-order valence-corrected chi connectivity index (χ1v) is 5.94. The van der Waals surface area contributed by atoms with Crippen LogP contribution < -0.4 is 16.0 Å². The van der Waals surface area contributed by atoms with Crippen LogP contribution in [-0.4, -0.2) is 32.5 Å². The lowest BCUT2D eigenvalue weighted by molar-refractivity contribution is -0.116. The van der Waals surface area contributed by atoms with Gasteiger partial charge in [-0.05, 0) is 32.1 Å². The Kier molecular flexibility index (Phi) is 5.87. The fourth-order valence-electron chi connectivity index (χ4n) is 1.56. The molecule has 5 heteroatoms. The lowest BCUT2D eigenvalue weighted by Gasteiger charge is -2.09. The average Bonchev–Trinajstić information content (AvgIpc) is 2.39. The van der Waals surface area contributed by atoms with Crippen LogP contribution >= 0.6 is 0 Å². The maximum atomic E-state index is 11.7. The summed E-state index contributed by atoms with van der Waals surface area (Å²) in [6.45, 7) is 0.796. The molecule has 1 rings (SSSR count). The summed E-state index contributed by atoms with van der Waals surface area (Å²) >= 11 is 0. The maximum absolute atomic E-state index is 11.7. The summed E-state index contributed by atoms with van der Waals surface area (Å²) in [5.41, 5.74) is 1.02. The van der Waals surface area contributed by atoms with Gasteiger partial charge in [-0.2, -0.15) is 0 Å². The highest BCUT2D eigenvalue weighted by atomic mass is 16.2. The Labute approximate surface area is 107 Å². The van der Waals surface area contributed by atoms with Gasteiger partial charge in [-0.3, -0.25) is 9.59 Å². The number of carbonyl (C=O) groups is 2. The summed E-state index contributed by atoms with van der Waals surface area (Å²) in [7, 11) is 3.41. The van der Waals surface area contributed by atoms with Crippen molar-refractivity contribution in [3.63, 3.8) is 0 Å². The molecule has 1 aromatic carbocycles. The number of hydrogen-bond donors (Lipinski definition) is 3. The zero-order valence-corrected chi connectivity index (χ0v) is 10.7. The van der Waals surface area contributed by atoms with E-state index in [0.29, 0.717) is 17.7 Å². The van der Waals surface area contributed by atoms with E-state index in [9.17, 15) is 9.59 Å². The number of hydrogen-bond acceptors (Lipinski definition) is 3. The van der Waals surface area contributed by atoms with Crippen LogP contribution in [0.25, 0.3) is 0 Å². The summed E-state index contributed by atoms with van der Waals surface area (Å²) in [5.74, 6) is -0.289. The van der Waals surface area contributed by atoms with E-state index in [1.54, 1.807) is 31.3 Å². The van der Waals surface area contributed by atoms with E-state index in [4.69, 9.17) is 0 Å². The highest BCUT2D eigenvalue weighted by Crippen LogP contribution is 2.15. The topological polar surface area (TPSA) is 70.2 Å². The third-order valence-electron chi connectivity index (χ3n) is 2.50. The van der Waals surface area contributed by atoms with Gasteiger partial charge >= 0.3 is 0 Å². The van der Waals surface area contributed by atoms with Crippen LogP contribution in [0, 0.1) is 0 Å². The number of rotatable bonds is 6. The Morgan fingerprint density at radius 1 is 1.17 bits per heavy atom. The quantitative estimate of drug-likeness (QED) is 0.658. The minimum atomic E-state index is -0.207. The highest BCUT2D eigenvalue weighted by Gasteiger charge is 2.11. The molecule has 0 aliphatic carbocycles. The van der Waals surface area contributed by atoms with Gasteiger partial charge < -0.3 is 16.0 Å². The largest absolute Gasteiger partial charge is 0.355 e. The lowest BCUT2D eigenvalue weighted by atomic mass is 10.1. The molecular weight excluding hydrogens is 230 g/mol. The van der Waals surface area contributed by atoms with Gasteiger partial charge in [-0.15, -0.1) is 0 Å². The first kappa shape index (κ1) is 14.2. The summed E-state index contributed by atoms with van der Waals surface area (Å²) in [6.07, 6.45) is 1.20. The molecule has 1 aromatic rings. The number of benzene rings is 1. The fraction of sp³-hybridized carbons (Fsp3) is 0.385. The van der Waals surface area contributed by atoms with Crippen molar-refractivity contribution in [1.82, 2.24) is 10.6 Å². The Hall–Kier alpha value is -1.88. The van der Waals surface area contributed by atoms with Crippen LogP contribution in [0.2, 0.25) is 0 Å². The van der Waals surface area contributed by atoms with E-state index >= 15 is 0 Å². The van der Waals surface area contributed by atoms with Crippen molar-refractivity contribution < 1.29 is 9.59 Å². The second kappa shape index (κ2) is 7.45. The van der Waals surface area contributed by atoms with Crippen molar-refractivity contribution in [3.05, 3.63) is 29.8 Å². The molecule has 0 saturated heterocycles. The van der Waals surface area contributed by atoms with Crippen molar-refractivity contribution >= 4 is 17.5 Å². The predicted octanol–water partition coefficient (Wildman–Crippen LogP) is 0.984. The van der Waals surface area contributed by atoms with E-state index < -0.39 is 0 Å². The summed E-state index contributed by atoms with van der Waals surface area (Å²) in [4.78, 5) is 23.3. The third kappa shape index (κ3) is 4.18. The summed E-state index contributed by atoms with van der Waals surface area (Å²) in [6, 6.07) is 6.96. The average molecular weight is 249 g/mol. The molecule has 0 spiro atoms. The van der Waals surface area contributed by atoms with E-state index in [1.807, 2.05) is 7.05 Å². The molecule has 5 nitrogen and oxygen atoms in total. The van der Waals surface area contributed by atoms with Gasteiger partial charge in [0.2, 0.25) is 5.91 Å². The summed E-state index contributed by atoms with van der Waals surface area (Å²) < 4.78 is 0. The Bertz CT molecular complexity index is 418. The highest BCUT2D eigenvalue weighted by molar-refractivity contribution is 6.03. The van der Waals surface area contributed by atoms with Gasteiger partial charge in [-0.1, -0.05) is 12.1 Å². The smallest absolute Gasteiger partial charge is 0.253 e. The van der Waals surface area contributed by atoms with Crippen molar-refractivity contribution in [3.8, 4) is 0 Å². The predicted molar refractivity (Wildman–Crippen MR) is 71.6 cm³/mol. The van der Waals surface area contributed by atoms with Crippen LogP contribution in [0.3, 0.4) is 0 Å². The standard InChI is InChI=1S/C13H19N3O2/c1-14-9-5-8-12(17)16-11-7-4-3-6-10(11)13(18)15-2/h3-4,6-7,14H,5,8-9H2,1-2H3,(H,15,18)(H,16,17). The van der Waals surface area contributed by atoms with Gasteiger partial charge in [-0.25, -0.2) is 0 Å². The molecule has 0 aliphatic heterocycles. The molecule has 0 saturated carbocycles. The molecule has 0 aliphatic rings. The zero-order valence-electron chi connectivity index (χ0n) is 10.7. The SMILES string of the molecule is CNCCCC(=O)Nc1ccccc1C(=O)NC. The molecule has 0 unspecified atom stereocenters. The molecular formula is C13H19N3O2. The second-order valence-corrected chi connectivity index (χ2v) is 3.88. The van der Waals surface area contributed by atoms with Crippen LogP contribution in [-0.2, 0) is 4.79 Å². The van der Waals surface area contributed by atoms with Gasteiger partial charge in [0.15, 0.2) is 0 Å². The van der Waals surface area contributed by atoms with Crippen molar-refractivity contribution in [2.75, 3.05) is 26.0 Å². The maximum Gasteiger partial charge on any atom is 0.253 e. The Morgan fingerprint density at radius 2 is 1.89 bits per heavy atom. The molecule has 0 heterocycles.